The predicted molar refractivity (Wildman–Crippen MR) is 98.3 cm³/mol. The number of amides is 1. The second-order valence-corrected chi connectivity index (χ2v) is 6.15. The van der Waals surface area contributed by atoms with E-state index in [4.69, 9.17) is 16.3 Å². The first-order valence-electron chi connectivity index (χ1n) is 8.03. The SMILES string of the molecule is Cc1ccc(C)c(C(=O)CCC(=O)OCC(=O)Nc2cccnc2Cl)c1. The van der Waals surface area contributed by atoms with Crippen molar-refractivity contribution in [3.63, 3.8) is 0 Å². The molecule has 1 aromatic heterocycles. The summed E-state index contributed by atoms with van der Waals surface area (Å²) in [5, 5.41) is 2.64. The molecule has 1 amide bonds. The van der Waals surface area contributed by atoms with Crippen LogP contribution < -0.4 is 5.32 Å². The van der Waals surface area contributed by atoms with Gasteiger partial charge >= 0.3 is 5.97 Å². The van der Waals surface area contributed by atoms with Gasteiger partial charge in [0.1, 0.15) is 0 Å². The Morgan fingerprint density at radius 2 is 1.92 bits per heavy atom. The number of aryl methyl sites for hydroxylation is 2. The number of nitrogens with zero attached hydrogens (tertiary/aromatic N) is 1. The summed E-state index contributed by atoms with van der Waals surface area (Å²) >= 11 is 5.83. The molecule has 2 rings (SSSR count). The van der Waals surface area contributed by atoms with Gasteiger partial charge in [0.15, 0.2) is 17.5 Å². The molecule has 0 aliphatic carbocycles. The van der Waals surface area contributed by atoms with E-state index in [9.17, 15) is 14.4 Å². The van der Waals surface area contributed by atoms with E-state index in [0.29, 0.717) is 11.3 Å². The molecule has 0 fully saturated rings. The van der Waals surface area contributed by atoms with Crippen LogP contribution >= 0.6 is 11.6 Å². The number of carbonyl (C=O) groups is 3. The number of ether oxygens (including phenoxy) is 1. The molecule has 0 aliphatic heterocycles. The highest BCUT2D eigenvalue weighted by Crippen LogP contribution is 2.17. The van der Waals surface area contributed by atoms with Gasteiger partial charge in [-0.25, -0.2) is 4.98 Å². The fourth-order valence-electron chi connectivity index (χ4n) is 2.27. The van der Waals surface area contributed by atoms with Crippen LogP contribution in [0.3, 0.4) is 0 Å². The minimum atomic E-state index is -0.615. The molecule has 0 bridgehead atoms. The molecule has 0 radical (unpaired) electrons. The maximum atomic E-state index is 12.2. The van der Waals surface area contributed by atoms with Crippen molar-refractivity contribution in [2.75, 3.05) is 11.9 Å². The number of carbonyl (C=O) groups excluding carboxylic acids is 3. The summed E-state index contributed by atoms with van der Waals surface area (Å²) < 4.78 is 4.89. The molecule has 136 valence electrons. The van der Waals surface area contributed by atoms with Gasteiger partial charge in [0.05, 0.1) is 12.1 Å². The summed E-state index contributed by atoms with van der Waals surface area (Å²) in [7, 11) is 0. The Morgan fingerprint density at radius 3 is 2.65 bits per heavy atom. The third kappa shape index (κ3) is 5.67. The lowest BCUT2D eigenvalue weighted by Crippen LogP contribution is -2.21. The number of pyridine rings is 1. The first-order chi connectivity index (χ1) is 12.4. The van der Waals surface area contributed by atoms with Crippen molar-refractivity contribution in [3.8, 4) is 0 Å². The molecular weight excluding hydrogens is 356 g/mol. The number of hydrogen-bond acceptors (Lipinski definition) is 5. The Morgan fingerprint density at radius 1 is 1.15 bits per heavy atom. The van der Waals surface area contributed by atoms with Gasteiger partial charge in [0.2, 0.25) is 0 Å². The first kappa shape index (κ1) is 19.6. The highest BCUT2D eigenvalue weighted by Gasteiger charge is 2.14. The van der Waals surface area contributed by atoms with Gasteiger partial charge in [-0.2, -0.15) is 0 Å². The van der Waals surface area contributed by atoms with E-state index in [1.807, 2.05) is 26.0 Å². The molecule has 2 aromatic rings. The standard InChI is InChI=1S/C19H19ClN2O4/c1-12-5-6-13(2)14(10-12)16(23)7-8-18(25)26-11-17(24)22-15-4-3-9-21-19(15)20/h3-6,9-10H,7-8,11H2,1-2H3,(H,22,24). The van der Waals surface area contributed by atoms with Crippen LogP contribution in [-0.4, -0.2) is 29.3 Å². The average Bonchev–Trinajstić information content (AvgIpc) is 2.62. The molecule has 0 saturated heterocycles. The number of anilines is 1. The molecular formula is C19H19ClN2O4. The smallest absolute Gasteiger partial charge is 0.306 e. The molecule has 1 N–H and O–H groups in total. The van der Waals surface area contributed by atoms with Crippen LogP contribution in [0, 0.1) is 13.8 Å². The van der Waals surface area contributed by atoms with E-state index < -0.39 is 18.5 Å². The van der Waals surface area contributed by atoms with Crippen molar-refractivity contribution in [1.82, 2.24) is 4.98 Å². The van der Waals surface area contributed by atoms with Crippen molar-refractivity contribution < 1.29 is 19.1 Å². The number of aromatic nitrogens is 1. The van der Waals surface area contributed by atoms with E-state index in [1.165, 1.54) is 6.20 Å². The molecule has 1 aromatic carbocycles. The fourth-order valence-corrected chi connectivity index (χ4v) is 2.44. The van der Waals surface area contributed by atoms with Crippen LogP contribution in [0.4, 0.5) is 5.69 Å². The fraction of sp³-hybridized carbons (Fsp3) is 0.263. The molecule has 0 atom stereocenters. The third-order valence-electron chi connectivity index (χ3n) is 3.65. The minimum Gasteiger partial charge on any atom is -0.456 e. The van der Waals surface area contributed by atoms with Gasteiger partial charge in [-0.1, -0.05) is 29.3 Å². The largest absolute Gasteiger partial charge is 0.456 e. The lowest BCUT2D eigenvalue weighted by Gasteiger charge is -2.08. The van der Waals surface area contributed by atoms with E-state index in [-0.39, 0.29) is 23.8 Å². The molecule has 0 unspecified atom stereocenters. The Labute approximate surface area is 156 Å². The van der Waals surface area contributed by atoms with Crippen LogP contribution in [-0.2, 0) is 14.3 Å². The third-order valence-corrected chi connectivity index (χ3v) is 3.95. The summed E-state index contributed by atoms with van der Waals surface area (Å²) in [4.78, 5) is 39.6. The number of ketones is 1. The van der Waals surface area contributed by atoms with Crippen LogP contribution in [0.15, 0.2) is 36.5 Å². The number of halogens is 1. The van der Waals surface area contributed by atoms with E-state index >= 15 is 0 Å². The molecule has 0 spiro atoms. The number of rotatable bonds is 7. The quantitative estimate of drug-likeness (QED) is 0.455. The van der Waals surface area contributed by atoms with Crippen molar-refractivity contribution in [3.05, 3.63) is 58.4 Å². The zero-order valence-corrected chi connectivity index (χ0v) is 15.3. The van der Waals surface area contributed by atoms with Crippen LogP contribution in [0.1, 0.15) is 34.3 Å². The summed E-state index contributed by atoms with van der Waals surface area (Å²) in [6.45, 7) is 3.29. The summed E-state index contributed by atoms with van der Waals surface area (Å²) in [6.07, 6.45) is 1.43. The van der Waals surface area contributed by atoms with E-state index in [2.05, 4.69) is 10.3 Å². The lowest BCUT2D eigenvalue weighted by molar-refractivity contribution is -0.147. The van der Waals surface area contributed by atoms with Crippen molar-refractivity contribution in [2.24, 2.45) is 0 Å². The Balaban J connectivity index is 1.78. The van der Waals surface area contributed by atoms with Crippen molar-refractivity contribution in [1.29, 1.82) is 0 Å². The lowest BCUT2D eigenvalue weighted by atomic mass is 9.99. The van der Waals surface area contributed by atoms with Crippen molar-refractivity contribution in [2.45, 2.75) is 26.7 Å². The molecule has 26 heavy (non-hydrogen) atoms. The Kier molecular flexibility index (Phi) is 6.86. The molecule has 7 heteroatoms. The average molecular weight is 375 g/mol. The summed E-state index contributed by atoms with van der Waals surface area (Å²) in [6, 6.07) is 8.79. The number of nitrogens with one attached hydrogen (secondary N) is 1. The van der Waals surface area contributed by atoms with E-state index in [0.717, 1.165) is 11.1 Å². The van der Waals surface area contributed by atoms with Gasteiger partial charge in [-0.05, 0) is 37.6 Å². The maximum absolute atomic E-state index is 12.2. The highest BCUT2D eigenvalue weighted by molar-refractivity contribution is 6.32. The van der Waals surface area contributed by atoms with Crippen LogP contribution in [0.5, 0.6) is 0 Å². The normalized spacial score (nSPS) is 10.3. The zero-order valence-electron chi connectivity index (χ0n) is 14.5. The summed E-state index contributed by atoms with van der Waals surface area (Å²) in [5.41, 5.74) is 2.77. The molecule has 6 nitrogen and oxygen atoms in total. The van der Waals surface area contributed by atoms with Gasteiger partial charge in [0, 0.05) is 18.2 Å². The van der Waals surface area contributed by atoms with Gasteiger partial charge in [-0.15, -0.1) is 0 Å². The Bertz CT molecular complexity index is 836. The van der Waals surface area contributed by atoms with Crippen LogP contribution in [0.2, 0.25) is 5.15 Å². The second-order valence-electron chi connectivity index (χ2n) is 5.79. The van der Waals surface area contributed by atoms with Gasteiger partial charge < -0.3 is 10.1 Å². The molecule has 1 heterocycles. The topological polar surface area (TPSA) is 85.4 Å². The van der Waals surface area contributed by atoms with Crippen LogP contribution in [0.25, 0.3) is 0 Å². The zero-order chi connectivity index (χ0) is 19.1. The number of esters is 1. The summed E-state index contributed by atoms with van der Waals surface area (Å²) in [5.74, 6) is -1.28. The maximum Gasteiger partial charge on any atom is 0.306 e. The van der Waals surface area contributed by atoms with Crippen molar-refractivity contribution >= 4 is 34.9 Å². The first-order valence-corrected chi connectivity index (χ1v) is 8.41. The molecule has 0 aliphatic rings. The highest BCUT2D eigenvalue weighted by atomic mass is 35.5. The number of benzene rings is 1. The molecule has 0 saturated carbocycles. The van der Waals surface area contributed by atoms with Gasteiger partial charge in [-0.3, -0.25) is 14.4 Å². The Hall–Kier alpha value is -2.73. The number of Topliss-reactive ketones (excluding diaryl/α,β-unsaturated/α-hetero) is 1. The van der Waals surface area contributed by atoms with E-state index in [1.54, 1.807) is 18.2 Å². The monoisotopic (exact) mass is 374 g/mol. The second kappa shape index (κ2) is 9.10. The van der Waals surface area contributed by atoms with Gasteiger partial charge in [0.25, 0.3) is 5.91 Å². The minimum absolute atomic E-state index is 0.0270. The predicted octanol–water partition coefficient (Wildman–Crippen LogP) is 3.50. The number of hydrogen-bond donors (Lipinski definition) is 1.